The van der Waals surface area contributed by atoms with Gasteiger partial charge in [0.2, 0.25) is 0 Å². The van der Waals surface area contributed by atoms with Crippen LogP contribution in [-0.4, -0.2) is 11.5 Å². The van der Waals surface area contributed by atoms with E-state index in [4.69, 9.17) is 0 Å². The first-order valence-corrected chi connectivity index (χ1v) is 5.41. The third-order valence-electron chi connectivity index (χ3n) is 1.15. The van der Waals surface area contributed by atoms with Crippen molar-refractivity contribution in [2.24, 2.45) is 0 Å². The molecule has 0 saturated heterocycles. The molecule has 2 heteroatoms. The van der Waals surface area contributed by atoms with Gasteiger partial charge in [0.05, 0.1) is 0 Å². The Morgan fingerprint density at radius 1 is 1.70 bits per heavy atom. The molecule has 1 aromatic rings. The summed E-state index contributed by atoms with van der Waals surface area (Å²) in [5.41, 5.74) is 0. The van der Waals surface area contributed by atoms with E-state index >= 15 is 0 Å². The van der Waals surface area contributed by atoms with E-state index in [1.165, 1.54) is 10.6 Å². The van der Waals surface area contributed by atoms with Crippen LogP contribution in [0.1, 0.15) is 11.8 Å². The highest BCUT2D eigenvalue weighted by Gasteiger charge is 1.91. The minimum atomic E-state index is 1.15. The quantitative estimate of drug-likeness (QED) is 0.627. The minimum Gasteiger partial charge on any atom is -0.162 e. The zero-order valence-corrected chi connectivity index (χ0v) is 7.67. The lowest BCUT2D eigenvalue weighted by atomic mass is 10.4. The lowest BCUT2D eigenvalue weighted by Crippen LogP contribution is -1.80. The van der Waals surface area contributed by atoms with Crippen molar-refractivity contribution in [2.75, 3.05) is 11.5 Å². The van der Waals surface area contributed by atoms with Gasteiger partial charge in [-0.25, -0.2) is 0 Å². The van der Waals surface area contributed by atoms with E-state index in [0.29, 0.717) is 0 Å². The standard InChI is InChI=1S/C8H11S2/c1-2-9-7-5-8-4-3-6-10-8/h3-6H,2,7H2,1H3. The molecule has 0 nitrogen and oxygen atoms in total. The second kappa shape index (κ2) is 4.80. The Bertz CT molecular complexity index is 156. The van der Waals surface area contributed by atoms with Crippen molar-refractivity contribution in [2.45, 2.75) is 6.92 Å². The minimum absolute atomic E-state index is 1.15. The van der Waals surface area contributed by atoms with Crippen LogP contribution in [0.25, 0.3) is 0 Å². The van der Waals surface area contributed by atoms with Gasteiger partial charge in [0, 0.05) is 17.1 Å². The molecule has 0 N–H and O–H groups in total. The summed E-state index contributed by atoms with van der Waals surface area (Å²) >= 11 is 3.76. The zero-order valence-electron chi connectivity index (χ0n) is 6.04. The van der Waals surface area contributed by atoms with Gasteiger partial charge in [0.25, 0.3) is 0 Å². The Balaban J connectivity index is 2.15. The predicted molar refractivity (Wildman–Crippen MR) is 50.7 cm³/mol. The van der Waals surface area contributed by atoms with Crippen molar-refractivity contribution in [3.63, 3.8) is 0 Å². The summed E-state index contributed by atoms with van der Waals surface area (Å²) in [5.74, 6) is 2.36. The highest BCUT2D eigenvalue weighted by Crippen LogP contribution is 2.13. The van der Waals surface area contributed by atoms with E-state index in [-0.39, 0.29) is 0 Å². The van der Waals surface area contributed by atoms with E-state index in [1.807, 2.05) is 11.8 Å². The number of hydrogen-bond donors (Lipinski definition) is 0. The monoisotopic (exact) mass is 171 g/mol. The summed E-state index contributed by atoms with van der Waals surface area (Å²) in [6, 6.07) is 4.24. The largest absolute Gasteiger partial charge is 0.162 e. The van der Waals surface area contributed by atoms with E-state index in [2.05, 4.69) is 30.9 Å². The van der Waals surface area contributed by atoms with E-state index in [1.54, 1.807) is 11.3 Å². The van der Waals surface area contributed by atoms with Crippen molar-refractivity contribution in [1.29, 1.82) is 0 Å². The van der Waals surface area contributed by atoms with E-state index in [9.17, 15) is 0 Å². The molecule has 0 bridgehead atoms. The van der Waals surface area contributed by atoms with Crippen molar-refractivity contribution in [3.05, 3.63) is 28.8 Å². The van der Waals surface area contributed by atoms with Gasteiger partial charge >= 0.3 is 0 Å². The van der Waals surface area contributed by atoms with Gasteiger partial charge in [0.15, 0.2) is 0 Å². The average molecular weight is 171 g/mol. The maximum atomic E-state index is 2.28. The summed E-state index contributed by atoms with van der Waals surface area (Å²) in [7, 11) is 0. The van der Waals surface area contributed by atoms with Crippen LogP contribution in [0.5, 0.6) is 0 Å². The van der Waals surface area contributed by atoms with Gasteiger partial charge in [-0.3, -0.25) is 0 Å². The number of thiophene rings is 1. The molecule has 0 fully saturated rings. The second-order valence-electron chi connectivity index (χ2n) is 1.88. The molecule has 1 radical (unpaired) electrons. The van der Waals surface area contributed by atoms with Crippen LogP contribution in [0, 0.1) is 6.42 Å². The van der Waals surface area contributed by atoms with Crippen molar-refractivity contribution in [1.82, 2.24) is 0 Å². The number of thioether (sulfide) groups is 1. The fraction of sp³-hybridized carbons (Fsp3) is 0.375. The molecule has 0 aliphatic carbocycles. The van der Waals surface area contributed by atoms with Gasteiger partial charge in [-0.15, -0.1) is 11.3 Å². The molecule has 1 heterocycles. The second-order valence-corrected chi connectivity index (χ2v) is 4.18. The summed E-state index contributed by atoms with van der Waals surface area (Å²) in [6.45, 7) is 2.19. The molecule has 0 aromatic carbocycles. The van der Waals surface area contributed by atoms with Crippen LogP contribution in [0.3, 0.4) is 0 Å². The maximum absolute atomic E-state index is 2.28. The lowest BCUT2D eigenvalue weighted by Gasteiger charge is -1.93. The average Bonchev–Trinajstić information content (AvgIpc) is 2.41. The van der Waals surface area contributed by atoms with Crippen LogP contribution in [0.4, 0.5) is 0 Å². The van der Waals surface area contributed by atoms with Gasteiger partial charge in [-0.1, -0.05) is 13.0 Å². The third-order valence-corrected chi connectivity index (χ3v) is 2.83. The molecule has 55 valence electrons. The summed E-state index contributed by atoms with van der Waals surface area (Å²) in [6.07, 6.45) is 2.28. The van der Waals surface area contributed by atoms with Crippen LogP contribution >= 0.6 is 23.1 Å². The van der Waals surface area contributed by atoms with Gasteiger partial charge in [-0.05, 0) is 17.2 Å². The summed E-state index contributed by atoms with van der Waals surface area (Å²) in [4.78, 5) is 1.39. The first-order chi connectivity index (χ1) is 4.93. The van der Waals surface area contributed by atoms with Crippen LogP contribution < -0.4 is 0 Å². The predicted octanol–water partition coefficient (Wildman–Crippen LogP) is 3.05. The Morgan fingerprint density at radius 2 is 2.60 bits per heavy atom. The van der Waals surface area contributed by atoms with Crippen molar-refractivity contribution in [3.8, 4) is 0 Å². The van der Waals surface area contributed by atoms with E-state index < -0.39 is 0 Å². The zero-order chi connectivity index (χ0) is 7.23. The Hall–Kier alpha value is 0.0500. The fourth-order valence-electron chi connectivity index (χ4n) is 0.666. The maximum Gasteiger partial charge on any atom is 0.0108 e. The van der Waals surface area contributed by atoms with Crippen molar-refractivity contribution >= 4 is 23.1 Å². The Labute approximate surface area is 70.7 Å². The highest BCUT2D eigenvalue weighted by atomic mass is 32.2. The number of rotatable bonds is 4. The molecule has 0 spiro atoms. The molecule has 0 amide bonds. The third kappa shape index (κ3) is 2.76. The lowest BCUT2D eigenvalue weighted by molar-refractivity contribution is 1.48. The molecule has 0 atom stereocenters. The smallest absolute Gasteiger partial charge is 0.0108 e. The van der Waals surface area contributed by atoms with Crippen LogP contribution in [0.2, 0.25) is 0 Å². The van der Waals surface area contributed by atoms with Crippen LogP contribution in [-0.2, 0) is 0 Å². The number of hydrogen-bond acceptors (Lipinski definition) is 2. The van der Waals surface area contributed by atoms with Gasteiger partial charge < -0.3 is 0 Å². The summed E-state index contributed by atoms with van der Waals surface area (Å²) < 4.78 is 0. The Kier molecular flexibility index (Phi) is 3.91. The molecule has 0 aliphatic rings. The summed E-state index contributed by atoms with van der Waals surface area (Å²) in [5, 5.41) is 2.11. The molecular weight excluding hydrogens is 160 g/mol. The normalized spacial score (nSPS) is 10.1. The van der Waals surface area contributed by atoms with Crippen LogP contribution in [0.15, 0.2) is 17.5 Å². The molecule has 1 aromatic heterocycles. The SMILES string of the molecule is CCSC[CH]c1cccs1. The molecular formula is C8H11S2. The first kappa shape index (κ1) is 8.15. The molecule has 0 unspecified atom stereocenters. The van der Waals surface area contributed by atoms with Crippen molar-refractivity contribution < 1.29 is 0 Å². The Morgan fingerprint density at radius 3 is 3.20 bits per heavy atom. The topological polar surface area (TPSA) is 0 Å². The van der Waals surface area contributed by atoms with E-state index in [0.717, 1.165) is 5.75 Å². The fourth-order valence-corrected chi connectivity index (χ4v) is 1.96. The molecule has 10 heavy (non-hydrogen) atoms. The highest BCUT2D eigenvalue weighted by molar-refractivity contribution is 7.99. The molecule has 0 saturated carbocycles. The van der Waals surface area contributed by atoms with Gasteiger partial charge in [0.1, 0.15) is 0 Å². The first-order valence-electron chi connectivity index (χ1n) is 3.38. The molecule has 0 aliphatic heterocycles. The molecule has 1 rings (SSSR count). The van der Waals surface area contributed by atoms with Gasteiger partial charge in [-0.2, -0.15) is 11.8 Å².